The Morgan fingerprint density at radius 1 is 1.14 bits per heavy atom. The summed E-state index contributed by atoms with van der Waals surface area (Å²) in [5, 5.41) is 8.43. The Morgan fingerprint density at radius 2 is 1.89 bits per heavy atom. The average Bonchev–Trinajstić information content (AvgIpc) is 3.34. The molecule has 3 heterocycles. The minimum absolute atomic E-state index is 0.130. The fourth-order valence-corrected chi connectivity index (χ4v) is 6.19. The molecule has 28 heavy (non-hydrogen) atoms. The van der Waals surface area contributed by atoms with Crippen LogP contribution in [-0.2, 0) is 10.0 Å². The van der Waals surface area contributed by atoms with Crippen LogP contribution in [0.15, 0.2) is 45.9 Å². The molecule has 1 aliphatic rings. The van der Waals surface area contributed by atoms with E-state index in [0.717, 1.165) is 6.42 Å². The molecule has 4 rings (SSSR count). The van der Waals surface area contributed by atoms with Gasteiger partial charge in [0.15, 0.2) is 23.0 Å². The van der Waals surface area contributed by atoms with E-state index in [1.807, 2.05) is 28.8 Å². The van der Waals surface area contributed by atoms with Crippen LogP contribution in [-0.4, -0.2) is 48.1 Å². The van der Waals surface area contributed by atoms with Gasteiger partial charge in [-0.2, -0.15) is 4.31 Å². The topological polar surface area (TPSA) is 86.0 Å². The third-order valence-electron chi connectivity index (χ3n) is 4.87. The number of aromatic nitrogens is 3. The SMILES string of the molecule is COc1cc(Br)c(S(=O)(=O)N2CCCC2c2nnc3ccccn23)cc1OC. The van der Waals surface area contributed by atoms with E-state index in [1.54, 1.807) is 6.07 Å². The molecule has 8 nitrogen and oxygen atoms in total. The van der Waals surface area contributed by atoms with Gasteiger partial charge >= 0.3 is 0 Å². The summed E-state index contributed by atoms with van der Waals surface area (Å²) in [6.45, 7) is 0.412. The summed E-state index contributed by atoms with van der Waals surface area (Å²) in [6.07, 6.45) is 3.27. The first kappa shape index (κ1) is 19.2. The zero-order chi connectivity index (χ0) is 19.9. The van der Waals surface area contributed by atoms with Gasteiger partial charge in [-0.25, -0.2) is 8.42 Å². The van der Waals surface area contributed by atoms with Crippen molar-refractivity contribution < 1.29 is 17.9 Å². The van der Waals surface area contributed by atoms with E-state index in [4.69, 9.17) is 9.47 Å². The third-order valence-corrected chi connectivity index (χ3v) is 7.73. The van der Waals surface area contributed by atoms with Gasteiger partial charge in [-0.05, 0) is 47.0 Å². The summed E-state index contributed by atoms with van der Waals surface area (Å²) in [5.74, 6) is 1.43. The summed E-state index contributed by atoms with van der Waals surface area (Å²) >= 11 is 3.37. The van der Waals surface area contributed by atoms with E-state index in [0.29, 0.717) is 40.4 Å². The smallest absolute Gasteiger partial charge is 0.245 e. The third kappa shape index (κ3) is 3.05. The van der Waals surface area contributed by atoms with Crippen molar-refractivity contribution in [2.75, 3.05) is 20.8 Å². The van der Waals surface area contributed by atoms with Gasteiger partial charge in [0.1, 0.15) is 4.90 Å². The van der Waals surface area contributed by atoms with Crippen molar-refractivity contribution in [1.82, 2.24) is 18.9 Å². The Labute approximate surface area is 171 Å². The van der Waals surface area contributed by atoms with Crippen molar-refractivity contribution in [1.29, 1.82) is 0 Å². The number of methoxy groups -OCH3 is 2. The number of halogens is 1. The van der Waals surface area contributed by atoms with Gasteiger partial charge in [0.25, 0.3) is 0 Å². The van der Waals surface area contributed by atoms with Gasteiger partial charge in [-0.1, -0.05) is 6.07 Å². The molecule has 3 aromatic rings. The average molecular weight is 467 g/mol. The molecule has 1 atom stereocenters. The molecule has 148 valence electrons. The molecule has 1 unspecified atom stereocenters. The molecule has 1 aromatic carbocycles. The van der Waals surface area contributed by atoms with Crippen molar-refractivity contribution in [2.45, 2.75) is 23.8 Å². The molecule has 1 aliphatic heterocycles. The van der Waals surface area contributed by atoms with Crippen LogP contribution in [0, 0.1) is 0 Å². The van der Waals surface area contributed by atoms with Crippen LogP contribution < -0.4 is 9.47 Å². The highest BCUT2D eigenvalue weighted by Crippen LogP contribution is 2.41. The maximum absolute atomic E-state index is 13.5. The Hall–Kier alpha value is -2.17. The second-order valence-electron chi connectivity index (χ2n) is 6.40. The lowest BCUT2D eigenvalue weighted by atomic mass is 10.2. The molecule has 0 bridgehead atoms. The van der Waals surface area contributed by atoms with Crippen molar-refractivity contribution in [3.63, 3.8) is 0 Å². The second kappa shape index (κ2) is 7.34. The van der Waals surface area contributed by atoms with Crippen LogP contribution in [0.2, 0.25) is 0 Å². The van der Waals surface area contributed by atoms with Gasteiger partial charge in [-0.3, -0.25) is 4.40 Å². The highest BCUT2D eigenvalue weighted by molar-refractivity contribution is 9.10. The first-order chi connectivity index (χ1) is 13.5. The second-order valence-corrected chi connectivity index (χ2v) is 9.11. The van der Waals surface area contributed by atoms with E-state index in [2.05, 4.69) is 26.1 Å². The zero-order valence-corrected chi connectivity index (χ0v) is 17.8. The predicted octanol–water partition coefficient (Wildman–Crippen LogP) is 3.03. The van der Waals surface area contributed by atoms with Crippen LogP contribution in [0.25, 0.3) is 5.65 Å². The quantitative estimate of drug-likeness (QED) is 0.574. The molecular formula is C18H19BrN4O4S. The van der Waals surface area contributed by atoms with Gasteiger partial charge in [0.05, 0.1) is 20.3 Å². The van der Waals surface area contributed by atoms with Crippen molar-refractivity contribution >= 4 is 31.6 Å². The molecular weight excluding hydrogens is 448 g/mol. The maximum Gasteiger partial charge on any atom is 0.245 e. The lowest BCUT2D eigenvalue weighted by Gasteiger charge is -2.24. The number of benzene rings is 1. The van der Waals surface area contributed by atoms with E-state index in [9.17, 15) is 8.42 Å². The van der Waals surface area contributed by atoms with E-state index < -0.39 is 10.0 Å². The normalized spacial score (nSPS) is 17.9. The molecule has 2 aromatic heterocycles. The lowest BCUT2D eigenvalue weighted by Crippen LogP contribution is -2.32. The molecule has 10 heteroatoms. The molecule has 1 fully saturated rings. The van der Waals surface area contributed by atoms with Crippen molar-refractivity contribution in [2.24, 2.45) is 0 Å². The van der Waals surface area contributed by atoms with Crippen LogP contribution in [0.4, 0.5) is 0 Å². The van der Waals surface area contributed by atoms with Crippen LogP contribution in [0.5, 0.6) is 11.5 Å². The molecule has 0 aliphatic carbocycles. The van der Waals surface area contributed by atoms with Gasteiger partial charge in [-0.15, -0.1) is 10.2 Å². The number of hydrogen-bond acceptors (Lipinski definition) is 6. The van der Waals surface area contributed by atoms with Crippen LogP contribution in [0.1, 0.15) is 24.7 Å². The van der Waals surface area contributed by atoms with Crippen LogP contribution >= 0.6 is 15.9 Å². The van der Waals surface area contributed by atoms with E-state index in [1.165, 1.54) is 24.6 Å². The molecule has 1 saturated heterocycles. The monoisotopic (exact) mass is 466 g/mol. The number of fused-ring (bicyclic) bond motifs is 1. The molecule has 0 amide bonds. The number of nitrogens with zero attached hydrogens (tertiary/aromatic N) is 4. The number of sulfonamides is 1. The fraction of sp³-hybridized carbons (Fsp3) is 0.333. The predicted molar refractivity (Wildman–Crippen MR) is 106 cm³/mol. The Kier molecular flexibility index (Phi) is 5.02. The number of rotatable bonds is 5. The molecule has 0 N–H and O–H groups in total. The van der Waals surface area contributed by atoms with E-state index >= 15 is 0 Å². The number of pyridine rings is 1. The first-order valence-corrected chi connectivity index (χ1v) is 10.9. The first-order valence-electron chi connectivity index (χ1n) is 8.70. The van der Waals surface area contributed by atoms with E-state index in [-0.39, 0.29) is 10.9 Å². The Morgan fingerprint density at radius 3 is 2.64 bits per heavy atom. The lowest BCUT2D eigenvalue weighted by molar-refractivity contribution is 0.352. The highest BCUT2D eigenvalue weighted by atomic mass is 79.9. The summed E-state index contributed by atoms with van der Waals surface area (Å²) < 4.78 is 41.3. The molecule has 0 spiro atoms. The summed E-state index contributed by atoms with van der Waals surface area (Å²) in [7, 11) is -0.820. The zero-order valence-electron chi connectivity index (χ0n) is 15.4. The van der Waals surface area contributed by atoms with Gasteiger partial charge in [0.2, 0.25) is 10.0 Å². The fourth-order valence-electron chi connectivity index (χ4n) is 3.53. The Balaban J connectivity index is 1.79. The Bertz CT molecular complexity index is 1130. The van der Waals surface area contributed by atoms with Crippen molar-refractivity contribution in [3.8, 4) is 11.5 Å². The summed E-state index contributed by atoms with van der Waals surface area (Å²) in [4.78, 5) is 0.130. The minimum atomic E-state index is -3.80. The molecule has 0 saturated carbocycles. The highest BCUT2D eigenvalue weighted by Gasteiger charge is 2.40. The van der Waals surface area contributed by atoms with Crippen LogP contribution in [0.3, 0.4) is 0 Å². The summed E-state index contributed by atoms with van der Waals surface area (Å²) in [6, 6.07) is 8.28. The minimum Gasteiger partial charge on any atom is -0.493 e. The number of hydrogen-bond donors (Lipinski definition) is 0. The standard InChI is InChI=1S/C18H19BrN4O4S/c1-26-14-10-12(19)16(11-15(14)27-2)28(24,25)23-9-5-6-13(23)18-21-20-17-7-3-4-8-22(17)18/h3-4,7-8,10-11,13H,5-6,9H2,1-2H3. The van der Waals surface area contributed by atoms with Crippen molar-refractivity contribution in [3.05, 3.63) is 46.8 Å². The van der Waals surface area contributed by atoms with Gasteiger partial charge in [0, 0.05) is 23.3 Å². The van der Waals surface area contributed by atoms with Gasteiger partial charge < -0.3 is 9.47 Å². The number of ether oxygens (including phenoxy) is 2. The maximum atomic E-state index is 13.5. The largest absolute Gasteiger partial charge is 0.493 e. The summed E-state index contributed by atoms with van der Waals surface area (Å²) in [5.41, 5.74) is 0.689. The molecule has 0 radical (unpaired) electrons.